The predicted octanol–water partition coefficient (Wildman–Crippen LogP) is 2.53. The molecule has 1 aliphatic heterocycles. The van der Waals surface area contributed by atoms with Crippen LogP contribution in [0.5, 0.6) is 0 Å². The number of nitrogens with zero attached hydrogens (tertiary/aromatic N) is 1. The highest BCUT2D eigenvalue weighted by Gasteiger charge is 2.22. The van der Waals surface area contributed by atoms with Crippen molar-refractivity contribution in [3.8, 4) is 0 Å². The second kappa shape index (κ2) is 4.58. The van der Waals surface area contributed by atoms with Crippen LogP contribution < -0.4 is 5.32 Å². The number of rotatable bonds is 2. The van der Waals surface area contributed by atoms with Gasteiger partial charge in [0.25, 0.3) is 0 Å². The van der Waals surface area contributed by atoms with Gasteiger partial charge in [-0.3, -0.25) is 5.10 Å². The van der Waals surface area contributed by atoms with Crippen LogP contribution in [0.2, 0.25) is 0 Å². The van der Waals surface area contributed by atoms with Gasteiger partial charge in [-0.25, -0.2) is 0 Å². The third-order valence-electron chi connectivity index (χ3n) is 4.13. The van der Waals surface area contributed by atoms with Gasteiger partial charge in [-0.1, -0.05) is 12.8 Å². The van der Waals surface area contributed by atoms with Crippen molar-refractivity contribution in [2.45, 2.75) is 50.4 Å². The van der Waals surface area contributed by atoms with Crippen molar-refractivity contribution in [1.82, 2.24) is 15.5 Å². The lowest BCUT2D eigenvalue weighted by Crippen LogP contribution is -2.28. The van der Waals surface area contributed by atoms with Gasteiger partial charge in [-0.05, 0) is 38.3 Å². The average Bonchev–Trinajstić information content (AvgIpc) is 3.01. The van der Waals surface area contributed by atoms with Crippen LogP contribution in [0.3, 0.4) is 0 Å². The molecule has 0 radical (unpaired) electrons. The summed E-state index contributed by atoms with van der Waals surface area (Å²) in [6.45, 7) is 2.28. The Morgan fingerprint density at radius 3 is 2.62 bits per heavy atom. The first-order valence-electron chi connectivity index (χ1n) is 6.69. The molecular formula is C13H21N3. The van der Waals surface area contributed by atoms with Crippen LogP contribution in [0.4, 0.5) is 0 Å². The smallest absolute Gasteiger partial charge is 0.0668 e. The van der Waals surface area contributed by atoms with Crippen molar-refractivity contribution in [3.05, 3.63) is 17.5 Å². The molecule has 0 bridgehead atoms. The number of aromatic amines is 1. The van der Waals surface area contributed by atoms with Crippen molar-refractivity contribution >= 4 is 0 Å². The minimum atomic E-state index is 0.639. The van der Waals surface area contributed by atoms with E-state index < -0.39 is 0 Å². The van der Waals surface area contributed by atoms with Crippen molar-refractivity contribution in [1.29, 1.82) is 0 Å². The Morgan fingerprint density at radius 2 is 1.88 bits per heavy atom. The van der Waals surface area contributed by atoms with Crippen LogP contribution in [-0.2, 0) is 0 Å². The van der Waals surface area contributed by atoms with Crippen LogP contribution in [0, 0.1) is 0 Å². The lowest BCUT2D eigenvalue weighted by Gasteiger charge is -2.20. The molecular weight excluding hydrogens is 198 g/mol. The normalized spacial score (nSPS) is 27.4. The fourth-order valence-electron chi connectivity index (χ4n) is 3.11. The quantitative estimate of drug-likeness (QED) is 0.802. The van der Waals surface area contributed by atoms with Crippen LogP contribution >= 0.6 is 0 Å². The third-order valence-corrected chi connectivity index (χ3v) is 4.13. The predicted molar refractivity (Wildman–Crippen MR) is 64.6 cm³/mol. The van der Waals surface area contributed by atoms with Crippen molar-refractivity contribution in [2.75, 3.05) is 13.1 Å². The van der Waals surface area contributed by atoms with E-state index in [-0.39, 0.29) is 0 Å². The molecule has 1 aromatic heterocycles. The van der Waals surface area contributed by atoms with E-state index in [1.54, 1.807) is 0 Å². The topological polar surface area (TPSA) is 40.7 Å². The summed E-state index contributed by atoms with van der Waals surface area (Å²) in [6.07, 6.45) is 8.07. The summed E-state index contributed by atoms with van der Waals surface area (Å²) in [5.74, 6) is 1.40. The third kappa shape index (κ3) is 2.01. The lowest BCUT2D eigenvalue weighted by atomic mass is 9.95. The fraction of sp³-hybridized carbons (Fsp3) is 0.769. The molecule has 3 heteroatoms. The van der Waals surface area contributed by atoms with Crippen LogP contribution in [0.25, 0.3) is 0 Å². The van der Waals surface area contributed by atoms with E-state index in [1.165, 1.54) is 56.5 Å². The van der Waals surface area contributed by atoms with E-state index in [1.807, 2.05) is 0 Å². The summed E-state index contributed by atoms with van der Waals surface area (Å²) in [4.78, 5) is 0. The molecule has 1 saturated carbocycles. The first-order valence-corrected chi connectivity index (χ1v) is 6.69. The summed E-state index contributed by atoms with van der Waals surface area (Å²) in [7, 11) is 0. The number of hydrogen-bond donors (Lipinski definition) is 2. The maximum Gasteiger partial charge on any atom is 0.0668 e. The fourth-order valence-corrected chi connectivity index (χ4v) is 3.11. The maximum absolute atomic E-state index is 4.52. The Bertz CT molecular complexity index is 333. The molecule has 1 aliphatic carbocycles. The molecule has 1 aromatic rings. The van der Waals surface area contributed by atoms with Crippen molar-refractivity contribution in [3.63, 3.8) is 0 Å². The Kier molecular flexibility index (Phi) is 2.96. The SMILES string of the molecule is c1c(C2CCCNC2)n[nH]c1C1CCCC1. The molecule has 2 heterocycles. The Labute approximate surface area is 97.0 Å². The summed E-state index contributed by atoms with van der Waals surface area (Å²) >= 11 is 0. The monoisotopic (exact) mass is 219 g/mol. The molecule has 0 aromatic carbocycles. The molecule has 2 N–H and O–H groups in total. The molecule has 16 heavy (non-hydrogen) atoms. The van der Waals surface area contributed by atoms with Crippen LogP contribution in [0.15, 0.2) is 6.07 Å². The van der Waals surface area contributed by atoms with Gasteiger partial charge in [-0.15, -0.1) is 0 Å². The van der Waals surface area contributed by atoms with E-state index in [0.29, 0.717) is 5.92 Å². The Morgan fingerprint density at radius 1 is 1.06 bits per heavy atom. The van der Waals surface area contributed by atoms with E-state index in [0.717, 1.165) is 12.5 Å². The Hall–Kier alpha value is -0.830. The summed E-state index contributed by atoms with van der Waals surface area (Å²) in [5.41, 5.74) is 2.67. The van der Waals surface area contributed by atoms with Gasteiger partial charge in [-0.2, -0.15) is 5.10 Å². The van der Waals surface area contributed by atoms with Crippen LogP contribution in [-0.4, -0.2) is 23.3 Å². The van der Waals surface area contributed by atoms with Gasteiger partial charge in [0.2, 0.25) is 0 Å². The van der Waals surface area contributed by atoms with Gasteiger partial charge in [0.15, 0.2) is 0 Å². The van der Waals surface area contributed by atoms with Gasteiger partial charge in [0, 0.05) is 24.1 Å². The van der Waals surface area contributed by atoms with Crippen molar-refractivity contribution < 1.29 is 0 Å². The molecule has 1 unspecified atom stereocenters. The van der Waals surface area contributed by atoms with Gasteiger partial charge in [0.05, 0.1) is 5.69 Å². The summed E-state index contributed by atoms with van der Waals surface area (Å²) < 4.78 is 0. The second-order valence-corrected chi connectivity index (χ2v) is 5.27. The number of piperidine rings is 1. The zero-order valence-electron chi connectivity index (χ0n) is 9.84. The zero-order chi connectivity index (χ0) is 10.8. The Balaban J connectivity index is 1.71. The zero-order valence-corrected chi connectivity index (χ0v) is 9.84. The van der Waals surface area contributed by atoms with E-state index >= 15 is 0 Å². The average molecular weight is 219 g/mol. The molecule has 0 amide bonds. The molecule has 0 spiro atoms. The maximum atomic E-state index is 4.52. The highest BCUT2D eigenvalue weighted by Crippen LogP contribution is 2.34. The molecule has 88 valence electrons. The van der Waals surface area contributed by atoms with E-state index in [2.05, 4.69) is 21.6 Å². The summed E-state index contributed by atoms with van der Waals surface area (Å²) in [6, 6.07) is 2.33. The molecule has 3 rings (SSSR count). The first-order chi connectivity index (χ1) is 7.93. The standard InChI is InChI=1S/C13H21N3/c1-2-5-10(4-1)12-8-13(16-15-12)11-6-3-7-14-9-11/h8,10-11,14H,1-7,9H2,(H,15,16). The lowest BCUT2D eigenvalue weighted by molar-refractivity contribution is 0.454. The number of H-pyrrole nitrogens is 1. The van der Waals surface area contributed by atoms with Crippen molar-refractivity contribution in [2.24, 2.45) is 0 Å². The minimum Gasteiger partial charge on any atom is -0.316 e. The number of aromatic nitrogens is 2. The van der Waals surface area contributed by atoms with Crippen LogP contribution in [0.1, 0.15) is 61.7 Å². The first kappa shape index (κ1) is 10.3. The molecule has 1 atom stereocenters. The number of nitrogens with one attached hydrogen (secondary N) is 2. The molecule has 2 aliphatic rings. The van der Waals surface area contributed by atoms with E-state index in [4.69, 9.17) is 0 Å². The largest absolute Gasteiger partial charge is 0.316 e. The summed E-state index contributed by atoms with van der Waals surface area (Å²) in [5, 5.41) is 11.2. The second-order valence-electron chi connectivity index (χ2n) is 5.27. The van der Waals surface area contributed by atoms with Gasteiger partial charge in [0.1, 0.15) is 0 Å². The van der Waals surface area contributed by atoms with E-state index in [9.17, 15) is 0 Å². The highest BCUT2D eigenvalue weighted by molar-refractivity contribution is 5.18. The molecule has 3 nitrogen and oxygen atoms in total. The van der Waals surface area contributed by atoms with Gasteiger partial charge >= 0.3 is 0 Å². The molecule has 2 fully saturated rings. The van der Waals surface area contributed by atoms with Gasteiger partial charge < -0.3 is 5.32 Å². The molecule has 1 saturated heterocycles. The minimum absolute atomic E-state index is 0.639. The highest BCUT2D eigenvalue weighted by atomic mass is 15.1. The number of hydrogen-bond acceptors (Lipinski definition) is 2.